The molecule has 0 heterocycles. The number of nitrogens with two attached hydrogens (primary N) is 1. The summed E-state index contributed by atoms with van der Waals surface area (Å²) in [6, 6.07) is -5.53. The van der Waals surface area contributed by atoms with Gasteiger partial charge in [0.25, 0.3) is 0 Å². The maximum atomic E-state index is 12.4. The molecule has 0 spiro atoms. The zero-order valence-electron chi connectivity index (χ0n) is 16.2. The molecule has 170 valence electrons. The van der Waals surface area contributed by atoms with Crippen molar-refractivity contribution < 1.29 is 49.2 Å². The Morgan fingerprint density at radius 1 is 0.767 bits per heavy atom. The Kier molecular flexibility index (Phi) is 11.6. The molecule has 0 aliphatic carbocycles. The monoisotopic (exact) mass is 434 g/mol. The molecule has 0 saturated heterocycles. The topological polar surface area (TPSA) is 245 Å². The molecule has 0 aliphatic rings. The van der Waals surface area contributed by atoms with E-state index in [1.54, 1.807) is 0 Å². The van der Waals surface area contributed by atoms with Gasteiger partial charge in [-0.15, -0.1) is 0 Å². The Morgan fingerprint density at radius 3 is 1.67 bits per heavy atom. The van der Waals surface area contributed by atoms with Crippen LogP contribution in [0.3, 0.4) is 0 Å². The molecule has 3 amide bonds. The number of carbonyl (C=O) groups is 6. The van der Waals surface area contributed by atoms with Gasteiger partial charge in [0.2, 0.25) is 17.7 Å². The third kappa shape index (κ3) is 10.3. The molecule has 0 aromatic heterocycles. The number of rotatable bonds is 14. The number of aliphatic carboxylic acids is 3. The first-order valence-corrected chi connectivity index (χ1v) is 8.83. The van der Waals surface area contributed by atoms with Crippen molar-refractivity contribution in [2.75, 3.05) is 6.61 Å². The quantitative estimate of drug-likeness (QED) is 0.134. The molecular weight excluding hydrogens is 408 g/mol. The van der Waals surface area contributed by atoms with Crippen LogP contribution in [0, 0.1) is 0 Å². The van der Waals surface area contributed by atoms with E-state index in [1.165, 1.54) is 6.92 Å². The molecular formula is C16H26N4O10. The zero-order valence-corrected chi connectivity index (χ0v) is 16.2. The number of hydrogen-bond donors (Lipinski definition) is 8. The lowest BCUT2D eigenvalue weighted by molar-refractivity contribution is -0.143. The lowest BCUT2D eigenvalue weighted by atomic mass is 10.1. The van der Waals surface area contributed by atoms with E-state index >= 15 is 0 Å². The van der Waals surface area contributed by atoms with Gasteiger partial charge in [0, 0.05) is 12.8 Å². The predicted octanol–water partition coefficient (Wildman–Crippen LogP) is -3.41. The van der Waals surface area contributed by atoms with Crippen molar-refractivity contribution >= 4 is 35.6 Å². The van der Waals surface area contributed by atoms with Crippen LogP contribution in [0.4, 0.5) is 0 Å². The molecule has 30 heavy (non-hydrogen) atoms. The molecule has 4 unspecified atom stereocenters. The second kappa shape index (κ2) is 13.1. The summed E-state index contributed by atoms with van der Waals surface area (Å²) < 4.78 is 0. The molecule has 0 radical (unpaired) electrons. The average molecular weight is 434 g/mol. The first kappa shape index (κ1) is 26.7. The van der Waals surface area contributed by atoms with E-state index in [4.69, 9.17) is 26.2 Å². The van der Waals surface area contributed by atoms with Gasteiger partial charge in [0.15, 0.2) is 0 Å². The normalized spacial score (nSPS) is 14.5. The van der Waals surface area contributed by atoms with Gasteiger partial charge >= 0.3 is 17.9 Å². The first-order chi connectivity index (χ1) is 13.9. The number of carboxylic acids is 3. The van der Waals surface area contributed by atoms with Crippen LogP contribution in [0.2, 0.25) is 0 Å². The summed E-state index contributed by atoms with van der Waals surface area (Å²) in [4.78, 5) is 68.7. The van der Waals surface area contributed by atoms with E-state index in [0.717, 1.165) is 0 Å². The highest BCUT2D eigenvalue weighted by atomic mass is 16.4. The lowest BCUT2D eigenvalue weighted by Gasteiger charge is -2.23. The van der Waals surface area contributed by atoms with Gasteiger partial charge < -0.3 is 42.1 Å². The van der Waals surface area contributed by atoms with Crippen molar-refractivity contribution in [3.8, 4) is 0 Å². The third-order valence-corrected chi connectivity index (χ3v) is 3.83. The standard InChI is InChI=1S/C16H26N4O10/c1-7(13(26)20-10(16(29)30)3-5-12(24)25)18-15(28)9(2-4-11(22)23)19-14(27)8(17)6-21/h7-10,21H,2-6,17H2,1H3,(H,18,28)(H,19,27)(H,20,26)(H,22,23)(H,24,25)(H,29,30). The molecule has 14 nitrogen and oxygen atoms in total. The van der Waals surface area contributed by atoms with Crippen molar-refractivity contribution in [3.05, 3.63) is 0 Å². The van der Waals surface area contributed by atoms with Crippen LogP contribution in [0.1, 0.15) is 32.6 Å². The van der Waals surface area contributed by atoms with E-state index in [-0.39, 0.29) is 12.8 Å². The fourth-order valence-electron chi connectivity index (χ4n) is 2.10. The lowest BCUT2D eigenvalue weighted by Crippen LogP contribution is -2.56. The van der Waals surface area contributed by atoms with E-state index in [1.807, 2.05) is 0 Å². The van der Waals surface area contributed by atoms with Crippen molar-refractivity contribution in [2.24, 2.45) is 5.73 Å². The minimum atomic E-state index is -1.50. The molecule has 0 aromatic rings. The van der Waals surface area contributed by atoms with Gasteiger partial charge in [-0.2, -0.15) is 0 Å². The predicted molar refractivity (Wildman–Crippen MR) is 97.9 cm³/mol. The number of amides is 3. The second-order valence-corrected chi connectivity index (χ2v) is 6.34. The van der Waals surface area contributed by atoms with Gasteiger partial charge in [-0.05, 0) is 19.8 Å². The number of carbonyl (C=O) groups excluding carboxylic acids is 3. The minimum absolute atomic E-state index is 0.338. The van der Waals surface area contributed by atoms with Crippen molar-refractivity contribution in [1.29, 1.82) is 0 Å². The van der Waals surface area contributed by atoms with Crippen LogP contribution >= 0.6 is 0 Å². The Labute approximate surface area is 170 Å². The maximum Gasteiger partial charge on any atom is 0.326 e. The second-order valence-electron chi connectivity index (χ2n) is 6.34. The summed E-state index contributed by atoms with van der Waals surface area (Å²) in [6.45, 7) is 0.490. The average Bonchev–Trinajstić information content (AvgIpc) is 2.66. The van der Waals surface area contributed by atoms with Gasteiger partial charge in [-0.1, -0.05) is 0 Å². The summed E-state index contributed by atoms with van der Waals surface area (Å²) in [7, 11) is 0. The van der Waals surface area contributed by atoms with Crippen LogP contribution < -0.4 is 21.7 Å². The number of carboxylic acid groups (broad SMARTS) is 3. The Balaban J connectivity index is 5.05. The third-order valence-electron chi connectivity index (χ3n) is 3.83. The summed E-state index contributed by atoms with van der Waals surface area (Å²) >= 11 is 0. The molecule has 0 aliphatic heterocycles. The summed E-state index contributed by atoms with van der Waals surface area (Å²) in [5.41, 5.74) is 5.33. The van der Waals surface area contributed by atoms with Crippen LogP contribution in [0.25, 0.3) is 0 Å². The number of aliphatic hydroxyl groups excluding tert-OH is 1. The maximum absolute atomic E-state index is 12.4. The van der Waals surface area contributed by atoms with Crippen LogP contribution in [-0.4, -0.2) is 86.8 Å². The van der Waals surface area contributed by atoms with Crippen LogP contribution in [0.5, 0.6) is 0 Å². The molecule has 0 fully saturated rings. The van der Waals surface area contributed by atoms with E-state index in [2.05, 4.69) is 16.0 Å². The fraction of sp³-hybridized carbons (Fsp3) is 0.625. The smallest absolute Gasteiger partial charge is 0.326 e. The summed E-state index contributed by atoms with van der Waals surface area (Å²) in [5, 5.41) is 41.8. The van der Waals surface area contributed by atoms with Crippen molar-refractivity contribution in [2.45, 2.75) is 56.8 Å². The van der Waals surface area contributed by atoms with Gasteiger partial charge in [-0.25, -0.2) is 4.79 Å². The van der Waals surface area contributed by atoms with Crippen molar-refractivity contribution in [1.82, 2.24) is 16.0 Å². The summed E-state index contributed by atoms with van der Waals surface area (Å²) in [6.07, 6.45) is -1.72. The van der Waals surface area contributed by atoms with Crippen LogP contribution in [-0.2, 0) is 28.8 Å². The highest BCUT2D eigenvalue weighted by molar-refractivity contribution is 5.94. The van der Waals surface area contributed by atoms with Gasteiger partial charge in [0.05, 0.1) is 6.61 Å². The fourth-order valence-corrected chi connectivity index (χ4v) is 2.10. The van der Waals surface area contributed by atoms with Crippen LogP contribution in [0.15, 0.2) is 0 Å². The molecule has 9 N–H and O–H groups in total. The molecule has 14 heteroatoms. The molecule has 0 aromatic carbocycles. The molecule has 0 bridgehead atoms. The van der Waals surface area contributed by atoms with E-state index < -0.39 is 79.2 Å². The van der Waals surface area contributed by atoms with Gasteiger partial charge in [-0.3, -0.25) is 24.0 Å². The molecule has 4 atom stereocenters. The number of nitrogens with one attached hydrogen (secondary N) is 3. The highest BCUT2D eigenvalue weighted by Crippen LogP contribution is 2.02. The Hall–Kier alpha value is -3.26. The molecule has 0 saturated carbocycles. The number of aliphatic hydroxyl groups is 1. The number of hydrogen-bond acceptors (Lipinski definition) is 8. The largest absolute Gasteiger partial charge is 0.481 e. The minimum Gasteiger partial charge on any atom is -0.481 e. The van der Waals surface area contributed by atoms with Crippen molar-refractivity contribution in [3.63, 3.8) is 0 Å². The SMILES string of the molecule is CC(NC(=O)C(CCC(=O)O)NC(=O)C(N)CO)C(=O)NC(CCC(=O)O)C(=O)O. The first-order valence-electron chi connectivity index (χ1n) is 8.83. The molecule has 0 rings (SSSR count). The highest BCUT2D eigenvalue weighted by Gasteiger charge is 2.28. The Morgan fingerprint density at radius 2 is 1.23 bits per heavy atom. The zero-order chi connectivity index (χ0) is 23.4. The van der Waals surface area contributed by atoms with E-state index in [9.17, 15) is 28.8 Å². The van der Waals surface area contributed by atoms with Gasteiger partial charge in [0.1, 0.15) is 24.2 Å². The summed E-state index contributed by atoms with van der Waals surface area (Å²) in [5.74, 6) is -6.75. The Bertz CT molecular complexity index is 668. The van der Waals surface area contributed by atoms with E-state index in [0.29, 0.717) is 0 Å².